The van der Waals surface area contributed by atoms with Crippen LogP contribution in [-0.2, 0) is 4.74 Å². The third kappa shape index (κ3) is 2.57. The molecule has 1 unspecified atom stereocenters. The second-order valence-corrected chi connectivity index (χ2v) is 6.43. The van der Waals surface area contributed by atoms with E-state index in [9.17, 15) is 0 Å². The van der Waals surface area contributed by atoms with E-state index in [0.717, 1.165) is 59.3 Å². The Morgan fingerprint density at radius 3 is 2.92 bits per heavy atom. The van der Waals surface area contributed by atoms with E-state index in [1.54, 1.807) is 12.4 Å². The first-order chi connectivity index (χ1) is 12.9. The molecule has 130 valence electrons. The molecule has 4 aromatic heterocycles. The zero-order valence-corrected chi connectivity index (χ0v) is 14.2. The zero-order chi connectivity index (χ0) is 17.3. The van der Waals surface area contributed by atoms with Gasteiger partial charge in [-0.1, -0.05) is 0 Å². The van der Waals surface area contributed by atoms with Gasteiger partial charge >= 0.3 is 0 Å². The van der Waals surface area contributed by atoms with Gasteiger partial charge in [-0.15, -0.1) is 0 Å². The van der Waals surface area contributed by atoms with Gasteiger partial charge in [0.1, 0.15) is 5.69 Å². The molecular weight excluding hydrogens is 328 g/mol. The van der Waals surface area contributed by atoms with Crippen LogP contribution in [0.3, 0.4) is 0 Å². The molecular formula is C19H18N6O. The molecule has 7 heteroatoms. The van der Waals surface area contributed by atoms with Gasteiger partial charge in [-0.2, -0.15) is 10.2 Å². The lowest BCUT2D eigenvalue weighted by Gasteiger charge is -2.23. The minimum absolute atomic E-state index is 0.0436. The summed E-state index contributed by atoms with van der Waals surface area (Å²) in [5.74, 6) is 0. The van der Waals surface area contributed by atoms with Crippen LogP contribution in [-0.4, -0.2) is 36.6 Å². The highest BCUT2D eigenvalue weighted by atomic mass is 16.5. The zero-order valence-electron chi connectivity index (χ0n) is 14.2. The van der Waals surface area contributed by atoms with E-state index in [-0.39, 0.29) is 6.23 Å². The average molecular weight is 346 g/mol. The lowest BCUT2D eigenvalue weighted by atomic mass is 10.1. The van der Waals surface area contributed by atoms with Crippen LogP contribution in [0.25, 0.3) is 33.4 Å². The van der Waals surface area contributed by atoms with Crippen molar-refractivity contribution in [3.8, 4) is 22.5 Å². The Hall–Kier alpha value is -3.06. The summed E-state index contributed by atoms with van der Waals surface area (Å²) in [6.45, 7) is 0.772. The number of nitrogens with zero attached hydrogens (tertiary/aromatic N) is 5. The summed E-state index contributed by atoms with van der Waals surface area (Å²) >= 11 is 0. The lowest BCUT2D eigenvalue weighted by Crippen LogP contribution is -2.19. The first-order valence-corrected chi connectivity index (χ1v) is 8.79. The number of aromatic amines is 1. The molecule has 0 amide bonds. The van der Waals surface area contributed by atoms with E-state index in [2.05, 4.69) is 26.2 Å². The van der Waals surface area contributed by atoms with Crippen LogP contribution in [0.1, 0.15) is 25.5 Å². The monoisotopic (exact) mass is 346 g/mol. The van der Waals surface area contributed by atoms with Crippen LogP contribution in [0.2, 0.25) is 0 Å². The Kier molecular flexibility index (Phi) is 3.71. The van der Waals surface area contributed by atoms with Crippen molar-refractivity contribution in [2.24, 2.45) is 0 Å². The molecule has 26 heavy (non-hydrogen) atoms. The van der Waals surface area contributed by atoms with Crippen molar-refractivity contribution in [1.29, 1.82) is 0 Å². The van der Waals surface area contributed by atoms with Gasteiger partial charge in [0.2, 0.25) is 0 Å². The van der Waals surface area contributed by atoms with Gasteiger partial charge in [-0.25, -0.2) is 4.68 Å². The first-order valence-electron chi connectivity index (χ1n) is 8.79. The Morgan fingerprint density at radius 1 is 1.15 bits per heavy atom. The summed E-state index contributed by atoms with van der Waals surface area (Å²) in [5, 5.41) is 12.9. The number of rotatable bonds is 3. The van der Waals surface area contributed by atoms with Gasteiger partial charge in [0.15, 0.2) is 6.23 Å². The molecule has 0 bridgehead atoms. The van der Waals surface area contributed by atoms with Crippen LogP contribution in [0, 0.1) is 0 Å². The fourth-order valence-electron chi connectivity index (χ4n) is 3.44. The molecule has 1 aliphatic heterocycles. The Bertz CT molecular complexity index is 1020. The van der Waals surface area contributed by atoms with E-state index in [1.165, 1.54) is 0 Å². The number of pyridine rings is 2. The standard InChI is InChI=1S/C19H18N6O/c1-2-7-26-18(5-1)25-17-12-21-16(13-4-3-6-20-9-13)8-15(17)19(24-25)14-10-22-23-11-14/h3-4,6,8-12,18H,1-2,5,7H2,(H,22,23). The van der Waals surface area contributed by atoms with E-state index in [1.807, 2.05) is 35.4 Å². The van der Waals surface area contributed by atoms with E-state index in [4.69, 9.17) is 9.84 Å². The lowest BCUT2D eigenvalue weighted by molar-refractivity contribution is -0.0365. The summed E-state index contributed by atoms with van der Waals surface area (Å²) in [5.41, 5.74) is 4.66. The van der Waals surface area contributed by atoms with E-state index >= 15 is 0 Å². The summed E-state index contributed by atoms with van der Waals surface area (Å²) < 4.78 is 7.93. The van der Waals surface area contributed by atoms with Crippen molar-refractivity contribution in [2.45, 2.75) is 25.5 Å². The number of ether oxygens (including phenoxy) is 1. The third-order valence-electron chi connectivity index (χ3n) is 4.75. The predicted octanol–water partition coefficient (Wildman–Crippen LogP) is 3.58. The van der Waals surface area contributed by atoms with Gasteiger partial charge in [0.25, 0.3) is 0 Å². The number of aromatic nitrogens is 6. The SMILES string of the molecule is c1cncc(-c2cc3c(-c4cn[nH]c4)nn(C4CCCCO4)c3cn2)c1. The van der Waals surface area contributed by atoms with Crippen LogP contribution in [0.15, 0.2) is 49.2 Å². The van der Waals surface area contributed by atoms with E-state index in [0.29, 0.717) is 0 Å². The van der Waals surface area contributed by atoms with Gasteiger partial charge in [0, 0.05) is 41.7 Å². The van der Waals surface area contributed by atoms with Crippen molar-refractivity contribution in [3.05, 3.63) is 49.2 Å². The molecule has 0 aliphatic carbocycles. The largest absolute Gasteiger partial charge is 0.356 e. The van der Waals surface area contributed by atoms with Crippen LogP contribution in [0.5, 0.6) is 0 Å². The molecule has 1 atom stereocenters. The maximum absolute atomic E-state index is 5.96. The van der Waals surface area contributed by atoms with Crippen LogP contribution < -0.4 is 0 Å². The first kappa shape index (κ1) is 15.2. The van der Waals surface area contributed by atoms with Crippen molar-refractivity contribution in [2.75, 3.05) is 6.61 Å². The topological polar surface area (TPSA) is 81.5 Å². The summed E-state index contributed by atoms with van der Waals surface area (Å²) in [6, 6.07) is 5.99. The van der Waals surface area contributed by atoms with Crippen molar-refractivity contribution >= 4 is 10.9 Å². The molecule has 5 heterocycles. The van der Waals surface area contributed by atoms with Gasteiger partial charge in [0.05, 0.1) is 23.6 Å². The van der Waals surface area contributed by atoms with Gasteiger partial charge in [-0.05, 0) is 37.5 Å². The van der Waals surface area contributed by atoms with Gasteiger partial charge in [-0.3, -0.25) is 15.1 Å². The number of hydrogen-bond acceptors (Lipinski definition) is 5. The minimum atomic E-state index is -0.0436. The third-order valence-corrected chi connectivity index (χ3v) is 4.75. The van der Waals surface area contributed by atoms with Crippen LogP contribution in [0.4, 0.5) is 0 Å². The van der Waals surface area contributed by atoms with E-state index < -0.39 is 0 Å². The average Bonchev–Trinajstić information content (AvgIpc) is 3.36. The summed E-state index contributed by atoms with van der Waals surface area (Å²) in [4.78, 5) is 8.84. The number of fused-ring (bicyclic) bond motifs is 1. The predicted molar refractivity (Wildman–Crippen MR) is 97.2 cm³/mol. The van der Waals surface area contributed by atoms with Crippen LogP contribution >= 0.6 is 0 Å². The molecule has 5 rings (SSSR count). The molecule has 7 nitrogen and oxygen atoms in total. The maximum Gasteiger partial charge on any atom is 0.150 e. The van der Waals surface area contributed by atoms with Crippen molar-refractivity contribution in [1.82, 2.24) is 29.9 Å². The Labute approximate surface area is 150 Å². The van der Waals surface area contributed by atoms with Crippen molar-refractivity contribution in [3.63, 3.8) is 0 Å². The summed E-state index contributed by atoms with van der Waals surface area (Å²) in [6.07, 6.45) is 12.3. The smallest absolute Gasteiger partial charge is 0.150 e. The number of hydrogen-bond donors (Lipinski definition) is 1. The number of nitrogens with one attached hydrogen (secondary N) is 1. The maximum atomic E-state index is 5.96. The molecule has 1 fully saturated rings. The molecule has 1 N–H and O–H groups in total. The molecule has 0 aromatic carbocycles. The number of H-pyrrole nitrogens is 1. The van der Waals surface area contributed by atoms with Gasteiger partial charge < -0.3 is 4.74 Å². The fourth-order valence-corrected chi connectivity index (χ4v) is 3.44. The fraction of sp³-hybridized carbons (Fsp3) is 0.263. The Morgan fingerprint density at radius 2 is 2.15 bits per heavy atom. The second-order valence-electron chi connectivity index (χ2n) is 6.43. The quantitative estimate of drug-likeness (QED) is 0.613. The Balaban J connectivity index is 1.70. The molecule has 0 saturated carbocycles. The summed E-state index contributed by atoms with van der Waals surface area (Å²) in [7, 11) is 0. The second kappa shape index (κ2) is 6.34. The molecule has 1 aliphatic rings. The molecule has 0 spiro atoms. The minimum Gasteiger partial charge on any atom is -0.356 e. The highest BCUT2D eigenvalue weighted by Crippen LogP contribution is 2.33. The normalized spacial score (nSPS) is 17.6. The highest BCUT2D eigenvalue weighted by molar-refractivity contribution is 5.94. The molecule has 0 radical (unpaired) electrons. The highest BCUT2D eigenvalue weighted by Gasteiger charge is 2.22. The van der Waals surface area contributed by atoms with Crippen molar-refractivity contribution < 1.29 is 4.74 Å². The molecule has 1 saturated heterocycles. The molecule has 4 aromatic rings.